The van der Waals surface area contributed by atoms with Crippen LogP contribution in [0.2, 0.25) is 0 Å². The van der Waals surface area contributed by atoms with Gasteiger partial charge in [-0.2, -0.15) is 0 Å². The molecule has 0 unspecified atom stereocenters. The fourth-order valence-corrected chi connectivity index (χ4v) is 1.46. The van der Waals surface area contributed by atoms with Crippen LogP contribution in [0.3, 0.4) is 0 Å². The van der Waals surface area contributed by atoms with Crippen LogP contribution in [-0.4, -0.2) is 21.0 Å². The predicted molar refractivity (Wildman–Crippen MR) is 58.8 cm³/mol. The van der Waals surface area contributed by atoms with E-state index in [2.05, 4.69) is 9.97 Å². The van der Waals surface area contributed by atoms with E-state index in [0.717, 1.165) is 11.1 Å². The molecule has 4 nitrogen and oxygen atoms in total. The molecule has 0 saturated carbocycles. The van der Waals surface area contributed by atoms with Crippen LogP contribution in [0.15, 0.2) is 43.0 Å². The minimum absolute atomic E-state index is 0.00801. The van der Waals surface area contributed by atoms with Gasteiger partial charge in [0, 0.05) is 30.4 Å². The summed E-state index contributed by atoms with van der Waals surface area (Å²) >= 11 is 0. The second-order valence-corrected chi connectivity index (χ2v) is 3.39. The van der Waals surface area contributed by atoms with Crippen molar-refractivity contribution < 1.29 is 9.90 Å². The van der Waals surface area contributed by atoms with Crippen LogP contribution >= 0.6 is 0 Å². The Bertz CT molecular complexity index is 497. The van der Waals surface area contributed by atoms with Crippen molar-refractivity contribution in [2.45, 2.75) is 6.42 Å². The number of pyridine rings is 2. The Balaban J connectivity index is 2.33. The number of carboxylic acid groups (broad SMARTS) is 1. The molecule has 0 bridgehead atoms. The molecule has 1 N–H and O–H groups in total. The van der Waals surface area contributed by atoms with E-state index in [-0.39, 0.29) is 6.42 Å². The van der Waals surface area contributed by atoms with Gasteiger partial charge in [0.25, 0.3) is 0 Å². The van der Waals surface area contributed by atoms with E-state index < -0.39 is 5.97 Å². The van der Waals surface area contributed by atoms with Crippen molar-refractivity contribution in [3.63, 3.8) is 0 Å². The van der Waals surface area contributed by atoms with Crippen LogP contribution in [0.4, 0.5) is 0 Å². The van der Waals surface area contributed by atoms with Crippen molar-refractivity contribution in [1.29, 1.82) is 0 Å². The maximum atomic E-state index is 10.6. The Labute approximate surface area is 92.6 Å². The first-order valence-electron chi connectivity index (χ1n) is 4.82. The summed E-state index contributed by atoms with van der Waals surface area (Å²) in [6, 6.07) is 5.56. The average Bonchev–Trinajstić information content (AvgIpc) is 2.30. The summed E-state index contributed by atoms with van der Waals surface area (Å²) in [5.74, 6) is -0.853. The summed E-state index contributed by atoms with van der Waals surface area (Å²) in [5, 5.41) is 8.69. The number of nitrogens with zero attached hydrogens (tertiary/aromatic N) is 2. The lowest BCUT2D eigenvalue weighted by Crippen LogP contribution is -2.00. The number of hydrogen-bond donors (Lipinski definition) is 1. The molecule has 4 heteroatoms. The normalized spacial score (nSPS) is 10.0. The van der Waals surface area contributed by atoms with Gasteiger partial charge in [0.1, 0.15) is 0 Å². The maximum Gasteiger partial charge on any atom is 0.307 e. The van der Waals surface area contributed by atoms with Gasteiger partial charge in [-0.25, -0.2) is 0 Å². The minimum atomic E-state index is -0.853. The molecule has 0 amide bonds. The monoisotopic (exact) mass is 214 g/mol. The van der Waals surface area contributed by atoms with Crippen LogP contribution in [-0.2, 0) is 11.2 Å². The van der Waals surface area contributed by atoms with Gasteiger partial charge in [0.2, 0.25) is 0 Å². The van der Waals surface area contributed by atoms with E-state index in [1.807, 2.05) is 18.2 Å². The zero-order chi connectivity index (χ0) is 11.4. The molecule has 80 valence electrons. The SMILES string of the molecule is O=C(O)Cc1cncc(-c2ccncc2)c1. The molecule has 2 aromatic rings. The molecule has 0 aliphatic carbocycles. The summed E-state index contributed by atoms with van der Waals surface area (Å²) < 4.78 is 0. The summed E-state index contributed by atoms with van der Waals surface area (Å²) in [6.45, 7) is 0. The Morgan fingerprint density at radius 3 is 2.56 bits per heavy atom. The van der Waals surface area contributed by atoms with Gasteiger partial charge in [0.05, 0.1) is 6.42 Å². The second kappa shape index (κ2) is 4.53. The molecule has 2 aromatic heterocycles. The summed E-state index contributed by atoms with van der Waals surface area (Å²) in [6.07, 6.45) is 6.66. The van der Waals surface area contributed by atoms with Gasteiger partial charge in [0.15, 0.2) is 0 Å². The van der Waals surface area contributed by atoms with E-state index in [1.165, 1.54) is 0 Å². The van der Waals surface area contributed by atoms with E-state index in [4.69, 9.17) is 5.11 Å². The number of carboxylic acids is 1. The second-order valence-electron chi connectivity index (χ2n) is 3.39. The quantitative estimate of drug-likeness (QED) is 0.845. The third kappa shape index (κ3) is 2.42. The molecular formula is C12H10N2O2. The number of hydrogen-bond acceptors (Lipinski definition) is 3. The van der Waals surface area contributed by atoms with Crippen molar-refractivity contribution in [2.24, 2.45) is 0 Å². The molecule has 2 heterocycles. The maximum absolute atomic E-state index is 10.6. The zero-order valence-corrected chi connectivity index (χ0v) is 8.50. The van der Waals surface area contributed by atoms with E-state index in [1.54, 1.807) is 24.8 Å². The Morgan fingerprint density at radius 1 is 1.12 bits per heavy atom. The number of aromatic nitrogens is 2. The summed E-state index contributed by atoms with van der Waals surface area (Å²) in [7, 11) is 0. The average molecular weight is 214 g/mol. The third-order valence-corrected chi connectivity index (χ3v) is 2.16. The standard InChI is InChI=1S/C12H10N2O2/c15-12(16)6-9-5-11(8-14-7-9)10-1-3-13-4-2-10/h1-5,7-8H,6H2,(H,15,16). The smallest absolute Gasteiger partial charge is 0.307 e. The Kier molecular flexibility index (Phi) is 2.91. The lowest BCUT2D eigenvalue weighted by atomic mass is 10.1. The van der Waals surface area contributed by atoms with Crippen molar-refractivity contribution in [1.82, 2.24) is 9.97 Å². The van der Waals surface area contributed by atoms with E-state index in [0.29, 0.717) is 5.56 Å². The minimum Gasteiger partial charge on any atom is -0.481 e. The van der Waals surface area contributed by atoms with Gasteiger partial charge < -0.3 is 5.11 Å². The molecule has 16 heavy (non-hydrogen) atoms. The lowest BCUT2D eigenvalue weighted by Gasteiger charge is -2.02. The number of carbonyl (C=O) groups is 1. The highest BCUT2D eigenvalue weighted by Crippen LogP contribution is 2.18. The highest BCUT2D eigenvalue weighted by Gasteiger charge is 2.03. The molecule has 0 atom stereocenters. The van der Waals surface area contributed by atoms with Crippen molar-refractivity contribution in [2.75, 3.05) is 0 Å². The summed E-state index contributed by atoms with van der Waals surface area (Å²) in [4.78, 5) is 18.5. The van der Waals surface area contributed by atoms with Crippen LogP contribution in [0, 0.1) is 0 Å². The Hall–Kier alpha value is -2.23. The molecule has 0 aliphatic heterocycles. The van der Waals surface area contributed by atoms with Gasteiger partial charge in [-0.15, -0.1) is 0 Å². The van der Waals surface area contributed by atoms with E-state index >= 15 is 0 Å². The third-order valence-electron chi connectivity index (χ3n) is 2.16. The molecular weight excluding hydrogens is 204 g/mol. The van der Waals surface area contributed by atoms with Gasteiger partial charge in [-0.3, -0.25) is 14.8 Å². The fraction of sp³-hybridized carbons (Fsp3) is 0.0833. The largest absolute Gasteiger partial charge is 0.481 e. The number of rotatable bonds is 3. The molecule has 0 radical (unpaired) electrons. The summed E-state index contributed by atoms with van der Waals surface area (Å²) in [5.41, 5.74) is 2.58. The molecule has 0 fully saturated rings. The molecule has 2 rings (SSSR count). The highest BCUT2D eigenvalue weighted by molar-refractivity contribution is 5.71. The predicted octanol–water partition coefficient (Wildman–Crippen LogP) is 1.77. The van der Waals surface area contributed by atoms with Crippen molar-refractivity contribution in [3.05, 3.63) is 48.5 Å². The molecule has 0 aromatic carbocycles. The fourth-order valence-electron chi connectivity index (χ4n) is 1.46. The molecule has 0 saturated heterocycles. The van der Waals surface area contributed by atoms with Gasteiger partial charge in [-0.05, 0) is 29.3 Å². The van der Waals surface area contributed by atoms with Crippen LogP contribution in [0.25, 0.3) is 11.1 Å². The first-order chi connectivity index (χ1) is 7.75. The van der Waals surface area contributed by atoms with Crippen LogP contribution in [0.1, 0.15) is 5.56 Å². The van der Waals surface area contributed by atoms with Crippen molar-refractivity contribution >= 4 is 5.97 Å². The zero-order valence-electron chi connectivity index (χ0n) is 8.50. The Morgan fingerprint density at radius 2 is 1.88 bits per heavy atom. The molecule has 0 spiro atoms. The van der Waals surface area contributed by atoms with Gasteiger partial charge in [-0.1, -0.05) is 0 Å². The van der Waals surface area contributed by atoms with Gasteiger partial charge >= 0.3 is 5.97 Å². The number of aliphatic carboxylic acids is 1. The van der Waals surface area contributed by atoms with Crippen molar-refractivity contribution in [3.8, 4) is 11.1 Å². The van der Waals surface area contributed by atoms with Crippen LogP contribution in [0.5, 0.6) is 0 Å². The first-order valence-corrected chi connectivity index (χ1v) is 4.82. The van der Waals surface area contributed by atoms with E-state index in [9.17, 15) is 4.79 Å². The first kappa shape index (κ1) is 10.3. The highest BCUT2D eigenvalue weighted by atomic mass is 16.4. The topological polar surface area (TPSA) is 63.1 Å². The lowest BCUT2D eigenvalue weighted by molar-refractivity contribution is -0.136. The molecule has 0 aliphatic rings. The van der Waals surface area contributed by atoms with Crippen LogP contribution < -0.4 is 0 Å².